The highest BCUT2D eigenvalue weighted by atomic mass is 19.1. The number of carbonyl (C=O) groups is 2. The predicted octanol–water partition coefficient (Wildman–Crippen LogP) is 3.87. The minimum absolute atomic E-state index is 0.211. The van der Waals surface area contributed by atoms with E-state index < -0.39 is 5.41 Å². The summed E-state index contributed by atoms with van der Waals surface area (Å²) in [4.78, 5) is 28.1. The van der Waals surface area contributed by atoms with Crippen molar-refractivity contribution in [2.24, 2.45) is 5.41 Å². The zero-order valence-corrected chi connectivity index (χ0v) is 18.2. The summed E-state index contributed by atoms with van der Waals surface area (Å²) >= 11 is 0. The summed E-state index contributed by atoms with van der Waals surface area (Å²) in [6.45, 7) is 2.74. The zero-order chi connectivity index (χ0) is 22.4. The maximum absolute atomic E-state index is 13.4. The Labute approximate surface area is 181 Å². The summed E-state index contributed by atoms with van der Waals surface area (Å²) < 4.78 is 29.4. The second kappa shape index (κ2) is 9.81. The molecule has 0 saturated carbocycles. The first-order chi connectivity index (χ1) is 14.9. The highest BCUT2D eigenvalue weighted by molar-refractivity contribution is 5.98. The molecule has 166 valence electrons. The first-order valence-corrected chi connectivity index (χ1v) is 10.4. The molecule has 1 amide bonds. The van der Waals surface area contributed by atoms with Crippen LogP contribution in [0.5, 0.6) is 11.5 Å². The second-order valence-corrected chi connectivity index (χ2v) is 7.70. The van der Waals surface area contributed by atoms with Crippen LogP contribution in [0.15, 0.2) is 42.5 Å². The van der Waals surface area contributed by atoms with Gasteiger partial charge in [0, 0.05) is 13.1 Å². The number of hydrogen-bond acceptors (Lipinski definition) is 5. The van der Waals surface area contributed by atoms with Crippen LogP contribution in [0.25, 0.3) is 0 Å². The number of hydrogen-bond donors (Lipinski definition) is 0. The smallest absolute Gasteiger partial charge is 0.314 e. The molecule has 1 saturated heterocycles. The van der Waals surface area contributed by atoms with Crippen molar-refractivity contribution in [3.63, 3.8) is 0 Å². The lowest BCUT2D eigenvalue weighted by Crippen LogP contribution is -2.51. The van der Waals surface area contributed by atoms with Crippen LogP contribution in [-0.2, 0) is 16.0 Å². The average molecular weight is 429 g/mol. The summed E-state index contributed by atoms with van der Waals surface area (Å²) in [6, 6.07) is 11.1. The summed E-state index contributed by atoms with van der Waals surface area (Å²) in [7, 11) is 3.04. The van der Waals surface area contributed by atoms with Gasteiger partial charge in [0.25, 0.3) is 5.91 Å². The molecule has 0 N–H and O–H groups in total. The van der Waals surface area contributed by atoms with E-state index in [1.807, 2.05) is 0 Å². The standard InChI is InChI=1S/C24H28FNO5/c1-4-31-23(28)24(15-17-6-8-18(25)9-7-17)12-5-13-26(16-24)22(27)20-14-19(29-2)10-11-21(20)30-3/h6-11,14H,4-5,12-13,15-16H2,1-3H3/t24-/m1/s1. The second-order valence-electron chi connectivity index (χ2n) is 7.70. The van der Waals surface area contributed by atoms with Gasteiger partial charge in [0.05, 0.1) is 31.8 Å². The third kappa shape index (κ3) is 4.98. The zero-order valence-electron chi connectivity index (χ0n) is 18.2. The van der Waals surface area contributed by atoms with Crippen LogP contribution in [0.3, 0.4) is 0 Å². The summed E-state index contributed by atoms with van der Waals surface area (Å²) in [5, 5.41) is 0. The Kier molecular flexibility index (Phi) is 7.15. The molecular formula is C24H28FNO5. The van der Waals surface area contributed by atoms with Crippen LogP contribution in [0.4, 0.5) is 4.39 Å². The normalized spacial score (nSPS) is 18.4. The molecule has 0 spiro atoms. The molecule has 0 unspecified atom stereocenters. The summed E-state index contributed by atoms with van der Waals surface area (Å²) in [5.74, 6) is 0.0814. The largest absolute Gasteiger partial charge is 0.497 e. The average Bonchev–Trinajstić information content (AvgIpc) is 2.80. The quantitative estimate of drug-likeness (QED) is 0.625. The number of amides is 1. The molecule has 2 aromatic carbocycles. The third-order valence-electron chi connectivity index (χ3n) is 5.67. The summed E-state index contributed by atoms with van der Waals surface area (Å²) in [5.41, 5.74) is 0.305. The van der Waals surface area contributed by atoms with Crippen LogP contribution >= 0.6 is 0 Å². The minimum atomic E-state index is -0.895. The lowest BCUT2D eigenvalue weighted by molar-refractivity contribution is -0.158. The molecular weight excluding hydrogens is 401 g/mol. The number of methoxy groups -OCH3 is 2. The number of ether oxygens (including phenoxy) is 3. The van der Waals surface area contributed by atoms with Crippen molar-refractivity contribution in [1.82, 2.24) is 4.90 Å². The molecule has 0 radical (unpaired) electrons. The van der Waals surface area contributed by atoms with Gasteiger partial charge in [-0.2, -0.15) is 0 Å². The third-order valence-corrected chi connectivity index (χ3v) is 5.67. The van der Waals surface area contributed by atoms with Gasteiger partial charge in [0.15, 0.2) is 0 Å². The number of benzene rings is 2. The monoisotopic (exact) mass is 429 g/mol. The van der Waals surface area contributed by atoms with Crippen molar-refractivity contribution < 1.29 is 28.2 Å². The fourth-order valence-corrected chi connectivity index (χ4v) is 4.12. The van der Waals surface area contributed by atoms with Crippen molar-refractivity contribution in [2.45, 2.75) is 26.2 Å². The van der Waals surface area contributed by atoms with E-state index in [0.717, 1.165) is 5.56 Å². The predicted molar refractivity (Wildman–Crippen MR) is 114 cm³/mol. The molecule has 1 atom stereocenters. The fourth-order valence-electron chi connectivity index (χ4n) is 4.12. The SMILES string of the molecule is CCOC(=O)[C@@]1(Cc2ccc(F)cc2)CCCN(C(=O)c2cc(OC)ccc2OC)C1. The number of likely N-dealkylation sites (tertiary alicyclic amines) is 1. The van der Waals surface area contributed by atoms with Gasteiger partial charge in [-0.15, -0.1) is 0 Å². The Morgan fingerprint density at radius 3 is 2.48 bits per heavy atom. The van der Waals surface area contributed by atoms with Crippen molar-refractivity contribution in [3.05, 3.63) is 59.4 Å². The number of nitrogens with zero attached hydrogens (tertiary/aromatic N) is 1. The van der Waals surface area contributed by atoms with Crippen molar-refractivity contribution in [2.75, 3.05) is 33.9 Å². The molecule has 1 aliphatic heterocycles. The van der Waals surface area contributed by atoms with Gasteiger partial charge in [0.1, 0.15) is 17.3 Å². The molecule has 0 aliphatic carbocycles. The number of piperidine rings is 1. The van der Waals surface area contributed by atoms with Gasteiger partial charge in [-0.3, -0.25) is 9.59 Å². The molecule has 1 fully saturated rings. The molecule has 3 rings (SSSR count). The van der Waals surface area contributed by atoms with Gasteiger partial charge >= 0.3 is 5.97 Å². The van der Waals surface area contributed by atoms with E-state index in [1.165, 1.54) is 26.4 Å². The van der Waals surface area contributed by atoms with Gasteiger partial charge in [0.2, 0.25) is 0 Å². The van der Waals surface area contributed by atoms with Crippen molar-refractivity contribution in [3.8, 4) is 11.5 Å². The van der Waals surface area contributed by atoms with Crippen LogP contribution in [0.2, 0.25) is 0 Å². The number of carbonyl (C=O) groups excluding carboxylic acids is 2. The van der Waals surface area contributed by atoms with Gasteiger partial charge < -0.3 is 19.1 Å². The van der Waals surface area contributed by atoms with Crippen LogP contribution in [0.1, 0.15) is 35.7 Å². The van der Waals surface area contributed by atoms with Gasteiger partial charge in [-0.05, 0) is 62.1 Å². The topological polar surface area (TPSA) is 65.1 Å². The molecule has 31 heavy (non-hydrogen) atoms. The first-order valence-electron chi connectivity index (χ1n) is 10.4. The van der Waals surface area contributed by atoms with E-state index in [1.54, 1.807) is 42.2 Å². The van der Waals surface area contributed by atoms with E-state index in [2.05, 4.69) is 0 Å². The summed E-state index contributed by atoms with van der Waals surface area (Å²) in [6.07, 6.45) is 1.60. The molecule has 6 nitrogen and oxygen atoms in total. The number of esters is 1. The molecule has 2 aromatic rings. The van der Waals surface area contributed by atoms with Gasteiger partial charge in [-0.25, -0.2) is 4.39 Å². The first kappa shape index (κ1) is 22.6. The maximum Gasteiger partial charge on any atom is 0.314 e. The Bertz CT molecular complexity index is 930. The van der Waals surface area contributed by atoms with Gasteiger partial charge in [-0.1, -0.05) is 12.1 Å². The lowest BCUT2D eigenvalue weighted by Gasteiger charge is -2.41. The number of halogens is 1. The van der Waals surface area contributed by atoms with E-state index in [-0.39, 0.29) is 30.8 Å². The van der Waals surface area contributed by atoms with E-state index in [4.69, 9.17) is 14.2 Å². The fraction of sp³-hybridized carbons (Fsp3) is 0.417. The Morgan fingerprint density at radius 2 is 1.84 bits per heavy atom. The highest BCUT2D eigenvalue weighted by Crippen LogP contribution is 2.37. The van der Waals surface area contributed by atoms with E-state index in [0.29, 0.717) is 42.9 Å². The van der Waals surface area contributed by atoms with Crippen molar-refractivity contribution in [1.29, 1.82) is 0 Å². The maximum atomic E-state index is 13.4. The molecule has 1 heterocycles. The Hall–Kier alpha value is -3.09. The van der Waals surface area contributed by atoms with E-state index in [9.17, 15) is 14.0 Å². The Balaban J connectivity index is 1.92. The molecule has 0 bridgehead atoms. The van der Waals surface area contributed by atoms with Crippen LogP contribution < -0.4 is 9.47 Å². The van der Waals surface area contributed by atoms with Crippen LogP contribution in [-0.4, -0.2) is 50.7 Å². The highest BCUT2D eigenvalue weighted by Gasteiger charge is 2.45. The number of rotatable bonds is 7. The lowest BCUT2D eigenvalue weighted by atomic mass is 9.75. The molecule has 0 aromatic heterocycles. The van der Waals surface area contributed by atoms with Crippen molar-refractivity contribution >= 4 is 11.9 Å². The minimum Gasteiger partial charge on any atom is -0.497 e. The van der Waals surface area contributed by atoms with Crippen LogP contribution in [0, 0.1) is 11.2 Å². The van der Waals surface area contributed by atoms with E-state index >= 15 is 0 Å². The molecule has 1 aliphatic rings. The molecule has 7 heteroatoms. The Morgan fingerprint density at radius 1 is 1.10 bits per heavy atom.